The molecule has 11 heteroatoms. The minimum absolute atomic E-state index is 0.0779. The van der Waals surface area contributed by atoms with Crippen molar-refractivity contribution in [3.63, 3.8) is 0 Å². The third-order valence-electron chi connectivity index (χ3n) is 4.14. The van der Waals surface area contributed by atoms with Crippen LogP contribution in [0, 0.1) is 13.8 Å². The average Bonchev–Trinajstić information content (AvgIpc) is 3.11. The summed E-state index contributed by atoms with van der Waals surface area (Å²) >= 11 is 5.80. The highest BCUT2D eigenvalue weighted by Gasteiger charge is 2.35. The fraction of sp³-hybridized carbons (Fsp3) is 0.375. The van der Waals surface area contributed by atoms with Gasteiger partial charge in [-0.15, -0.1) is 10.2 Å². The van der Waals surface area contributed by atoms with Crippen LogP contribution in [0.2, 0.25) is 5.02 Å². The summed E-state index contributed by atoms with van der Waals surface area (Å²) < 4.78 is 40.5. The highest BCUT2D eigenvalue weighted by Crippen LogP contribution is 2.33. The Labute approximate surface area is 156 Å². The quantitative estimate of drug-likeness (QED) is 0.689. The number of pyridine rings is 1. The fourth-order valence-electron chi connectivity index (χ4n) is 2.76. The summed E-state index contributed by atoms with van der Waals surface area (Å²) in [5.41, 5.74) is 1.12. The number of H-pyrrole nitrogens is 1. The Kier molecular flexibility index (Phi) is 5.09. The van der Waals surface area contributed by atoms with Gasteiger partial charge in [0.2, 0.25) is 5.91 Å². The number of nitrogens with one attached hydrogen (secondary N) is 2. The van der Waals surface area contributed by atoms with Crippen LogP contribution in [0.15, 0.2) is 12.3 Å². The molecule has 0 atom stereocenters. The lowest BCUT2D eigenvalue weighted by Crippen LogP contribution is -2.28. The fourth-order valence-corrected chi connectivity index (χ4v) is 2.96. The molecule has 0 fully saturated rings. The van der Waals surface area contributed by atoms with Crippen LogP contribution < -0.4 is 5.32 Å². The predicted molar refractivity (Wildman–Crippen MR) is 91.5 cm³/mol. The van der Waals surface area contributed by atoms with Gasteiger partial charge in [-0.25, -0.2) is 0 Å². The Morgan fingerprint density at radius 2 is 2.07 bits per heavy atom. The van der Waals surface area contributed by atoms with Crippen molar-refractivity contribution in [1.29, 1.82) is 0 Å². The number of hydrogen-bond acceptors (Lipinski definition) is 4. The van der Waals surface area contributed by atoms with E-state index in [-0.39, 0.29) is 41.8 Å². The molecule has 0 saturated heterocycles. The highest BCUT2D eigenvalue weighted by molar-refractivity contribution is 6.30. The molecule has 1 amide bonds. The third-order valence-corrected chi connectivity index (χ3v) is 4.34. The van der Waals surface area contributed by atoms with Gasteiger partial charge in [-0.1, -0.05) is 11.6 Å². The average molecular weight is 401 g/mol. The van der Waals surface area contributed by atoms with E-state index in [2.05, 4.69) is 25.7 Å². The van der Waals surface area contributed by atoms with Gasteiger partial charge in [-0.3, -0.25) is 14.3 Å². The number of aromatic amines is 1. The van der Waals surface area contributed by atoms with E-state index in [4.69, 9.17) is 11.6 Å². The first-order chi connectivity index (χ1) is 12.7. The summed E-state index contributed by atoms with van der Waals surface area (Å²) in [4.78, 5) is 12.1. The zero-order valence-corrected chi connectivity index (χ0v) is 15.2. The number of rotatable bonds is 5. The van der Waals surface area contributed by atoms with E-state index in [0.717, 1.165) is 23.0 Å². The predicted octanol–water partition coefficient (Wildman–Crippen LogP) is 2.64. The molecule has 3 rings (SSSR count). The summed E-state index contributed by atoms with van der Waals surface area (Å²) in [6, 6.07) is 0.812. The Morgan fingerprint density at radius 3 is 2.70 bits per heavy atom. The van der Waals surface area contributed by atoms with E-state index in [0.29, 0.717) is 0 Å². The standard InChI is InChI=1S/C16H16ClF3N6O/c1-8-11(9(2)23-22-8)6-14(27)21-4-3-13-24-25-15-12(16(18,19)20)5-10(17)7-26(13)15/h5,7H,3-4,6H2,1-2H3,(H,21,27)(H,22,23). The number of carbonyl (C=O) groups excluding carboxylic acids is 1. The Hall–Kier alpha value is -2.62. The van der Waals surface area contributed by atoms with Gasteiger partial charge in [-0.05, 0) is 19.9 Å². The van der Waals surface area contributed by atoms with Crippen molar-refractivity contribution < 1.29 is 18.0 Å². The number of aromatic nitrogens is 5. The number of halogens is 4. The third kappa shape index (κ3) is 4.05. The molecule has 2 N–H and O–H groups in total. The summed E-state index contributed by atoms with van der Waals surface area (Å²) in [7, 11) is 0. The van der Waals surface area contributed by atoms with Crippen molar-refractivity contribution in [3.8, 4) is 0 Å². The van der Waals surface area contributed by atoms with Crippen molar-refractivity contribution in [2.75, 3.05) is 6.54 Å². The molecule has 0 aliphatic carbocycles. The Bertz CT molecular complexity index is 975. The molecule has 0 aliphatic heterocycles. The van der Waals surface area contributed by atoms with Crippen LogP contribution in [0.25, 0.3) is 5.65 Å². The smallest absolute Gasteiger partial charge is 0.355 e. The van der Waals surface area contributed by atoms with Gasteiger partial charge in [0, 0.05) is 30.4 Å². The van der Waals surface area contributed by atoms with Crippen LogP contribution in [-0.2, 0) is 23.8 Å². The van der Waals surface area contributed by atoms with Crippen LogP contribution in [0.1, 0.15) is 28.3 Å². The molecule has 0 radical (unpaired) electrons. The molecule has 144 valence electrons. The van der Waals surface area contributed by atoms with Gasteiger partial charge in [0.1, 0.15) is 11.4 Å². The van der Waals surface area contributed by atoms with Gasteiger partial charge in [0.25, 0.3) is 0 Å². The maximum absolute atomic E-state index is 13.1. The molecule has 3 aromatic heterocycles. The summed E-state index contributed by atoms with van der Waals surface area (Å²) in [5.74, 6) is 0.0550. The lowest BCUT2D eigenvalue weighted by atomic mass is 10.1. The second-order valence-electron chi connectivity index (χ2n) is 6.07. The molecule has 0 bridgehead atoms. The van der Waals surface area contributed by atoms with E-state index in [9.17, 15) is 18.0 Å². The maximum atomic E-state index is 13.1. The van der Waals surface area contributed by atoms with E-state index in [1.807, 2.05) is 6.92 Å². The van der Waals surface area contributed by atoms with Crippen LogP contribution in [0.4, 0.5) is 13.2 Å². The number of alkyl halides is 3. The van der Waals surface area contributed by atoms with Crippen molar-refractivity contribution in [2.24, 2.45) is 0 Å². The first kappa shape index (κ1) is 19.2. The molecule has 0 unspecified atom stereocenters. The zero-order chi connectivity index (χ0) is 19.8. The van der Waals surface area contributed by atoms with Gasteiger partial charge >= 0.3 is 6.18 Å². The van der Waals surface area contributed by atoms with E-state index < -0.39 is 11.7 Å². The second-order valence-corrected chi connectivity index (χ2v) is 6.51. The molecule has 0 spiro atoms. The second kappa shape index (κ2) is 7.18. The summed E-state index contributed by atoms with van der Waals surface area (Å²) in [6.07, 6.45) is -2.90. The molecular formula is C16H16ClF3N6O. The molecule has 3 heterocycles. The number of nitrogens with zero attached hydrogens (tertiary/aromatic N) is 4. The first-order valence-corrected chi connectivity index (χ1v) is 8.42. The summed E-state index contributed by atoms with van der Waals surface area (Å²) in [5, 5.41) is 16.9. The van der Waals surface area contributed by atoms with Crippen LogP contribution in [0.5, 0.6) is 0 Å². The van der Waals surface area contributed by atoms with Crippen LogP contribution in [-0.4, -0.2) is 37.2 Å². The Balaban J connectivity index is 1.69. The maximum Gasteiger partial charge on any atom is 0.420 e. The van der Waals surface area contributed by atoms with E-state index in [1.165, 1.54) is 10.6 Å². The highest BCUT2D eigenvalue weighted by atomic mass is 35.5. The van der Waals surface area contributed by atoms with Gasteiger partial charge < -0.3 is 5.32 Å². The monoisotopic (exact) mass is 400 g/mol. The minimum Gasteiger partial charge on any atom is -0.355 e. The van der Waals surface area contributed by atoms with Gasteiger partial charge in [-0.2, -0.15) is 18.3 Å². The molecule has 27 heavy (non-hydrogen) atoms. The molecule has 0 saturated carbocycles. The molecule has 0 aromatic carbocycles. The van der Waals surface area contributed by atoms with Crippen molar-refractivity contribution in [3.05, 3.63) is 45.6 Å². The van der Waals surface area contributed by atoms with Crippen molar-refractivity contribution >= 4 is 23.2 Å². The van der Waals surface area contributed by atoms with Crippen LogP contribution in [0.3, 0.4) is 0 Å². The van der Waals surface area contributed by atoms with Crippen molar-refractivity contribution in [2.45, 2.75) is 32.9 Å². The van der Waals surface area contributed by atoms with E-state index >= 15 is 0 Å². The van der Waals surface area contributed by atoms with Gasteiger partial charge in [0.15, 0.2) is 5.65 Å². The lowest BCUT2D eigenvalue weighted by Gasteiger charge is -2.09. The number of aryl methyl sites for hydroxylation is 2. The largest absolute Gasteiger partial charge is 0.420 e. The van der Waals surface area contributed by atoms with E-state index in [1.54, 1.807) is 6.92 Å². The molecular weight excluding hydrogens is 385 g/mol. The lowest BCUT2D eigenvalue weighted by molar-refractivity contribution is -0.136. The number of fused-ring (bicyclic) bond motifs is 1. The molecule has 7 nitrogen and oxygen atoms in total. The molecule has 0 aliphatic rings. The zero-order valence-electron chi connectivity index (χ0n) is 14.5. The topological polar surface area (TPSA) is 88.0 Å². The van der Waals surface area contributed by atoms with Crippen LogP contribution >= 0.6 is 11.6 Å². The number of carbonyl (C=O) groups is 1. The first-order valence-electron chi connectivity index (χ1n) is 8.04. The summed E-state index contributed by atoms with van der Waals surface area (Å²) in [6.45, 7) is 3.83. The van der Waals surface area contributed by atoms with Gasteiger partial charge in [0.05, 0.1) is 17.1 Å². The van der Waals surface area contributed by atoms with Crippen molar-refractivity contribution in [1.82, 2.24) is 30.1 Å². The minimum atomic E-state index is -4.59. The normalized spacial score (nSPS) is 11.9. The Morgan fingerprint density at radius 1 is 1.33 bits per heavy atom. The number of hydrogen-bond donors (Lipinski definition) is 2. The SMILES string of the molecule is Cc1n[nH]c(C)c1CC(=O)NCCc1nnc2c(C(F)(F)F)cc(Cl)cn12. The molecule has 3 aromatic rings. The number of amides is 1.